The third-order valence-corrected chi connectivity index (χ3v) is 3.09. The lowest BCUT2D eigenvalue weighted by Gasteiger charge is -2.02. The fraction of sp³-hybridized carbons (Fsp3) is 0.0714. The second-order valence-corrected chi connectivity index (χ2v) is 4.61. The molecule has 22 heavy (non-hydrogen) atoms. The van der Waals surface area contributed by atoms with Gasteiger partial charge in [-0.25, -0.2) is 9.78 Å². The molecule has 8 nitrogen and oxygen atoms in total. The largest absolute Gasteiger partial charge is 0.327 e. The van der Waals surface area contributed by atoms with E-state index < -0.39 is 16.8 Å². The van der Waals surface area contributed by atoms with Crippen molar-refractivity contribution in [2.45, 2.75) is 6.42 Å². The quantitative estimate of drug-likeness (QED) is 0.573. The first-order valence-corrected chi connectivity index (χ1v) is 6.38. The van der Waals surface area contributed by atoms with E-state index in [0.717, 1.165) is 0 Å². The zero-order valence-electron chi connectivity index (χ0n) is 11.2. The number of aromatic amines is 3. The number of rotatable bonds is 3. The van der Waals surface area contributed by atoms with Gasteiger partial charge in [-0.3, -0.25) is 24.4 Å². The lowest BCUT2D eigenvalue weighted by atomic mass is 10.1. The minimum atomic E-state index is -0.746. The maximum atomic E-state index is 12.1. The molecule has 0 atom stereocenters. The molecular weight excluding hydrogens is 288 g/mol. The Bertz CT molecular complexity index is 1030. The molecule has 0 radical (unpaired) electrons. The van der Waals surface area contributed by atoms with Gasteiger partial charge in [0, 0.05) is 5.56 Å². The van der Waals surface area contributed by atoms with E-state index in [9.17, 15) is 19.2 Å². The van der Waals surface area contributed by atoms with Gasteiger partial charge in [0.15, 0.2) is 16.9 Å². The third-order valence-electron chi connectivity index (χ3n) is 3.09. The lowest BCUT2D eigenvalue weighted by molar-refractivity contribution is 0.0991. The molecule has 0 aliphatic carbocycles. The number of carbonyl (C=O) groups excluding carboxylic acids is 1. The van der Waals surface area contributed by atoms with Crippen LogP contribution < -0.4 is 16.8 Å². The van der Waals surface area contributed by atoms with E-state index in [4.69, 9.17) is 0 Å². The van der Waals surface area contributed by atoms with Crippen LogP contribution in [0.25, 0.3) is 11.2 Å². The highest BCUT2D eigenvalue weighted by atomic mass is 16.2. The standard InChI is InChI=1S/C14H10N4O4/c19-9(7-4-2-1-3-5-7)6-8-12(20)16-10-11(15-8)17-14(22)18-13(10)21/h1-5H,6H2,(H,16,20)(H2,15,17,18,21,22). The summed E-state index contributed by atoms with van der Waals surface area (Å²) in [7, 11) is 0. The van der Waals surface area contributed by atoms with Crippen LogP contribution in [0.2, 0.25) is 0 Å². The lowest BCUT2D eigenvalue weighted by Crippen LogP contribution is -2.28. The molecule has 2 heterocycles. The van der Waals surface area contributed by atoms with Crippen molar-refractivity contribution < 1.29 is 4.79 Å². The normalized spacial score (nSPS) is 10.7. The van der Waals surface area contributed by atoms with Gasteiger partial charge in [-0.05, 0) is 0 Å². The van der Waals surface area contributed by atoms with Crippen molar-refractivity contribution in [1.29, 1.82) is 0 Å². The van der Waals surface area contributed by atoms with Crippen molar-refractivity contribution in [3.63, 3.8) is 0 Å². The Morgan fingerprint density at radius 3 is 2.41 bits per heavy atom. The number of carbonyl (C=O) groups is 1. The average molecular weight is 298 g/mol. The summed E-state index contributed by atoms with van der Waals surface area (Å²) in [6, 6.07) is 8.45. The summed E-state index contributed by atoms with van der Waals surface area (Å²) in [6.45, 7) is 0. The van der Waals surface area contributed by atoms with E-state index in [1.54, 1.807) is 30.3 Å². The highest BCUT2D eigenvalue weighted by molar-refractivity contribution is 5.97. The summed E-state index contributed by atoms with van der Waals surface area (Å²) in [5.41, 5.74) is -1.95. The van der Waals surface area contributed by atoms with Gasteiger partial charge in [-0.2, -0.15) is 0 Å². The highest BCUT2D eigenvalue weighted by Crippen LogP contribution is 2.04. The molecule has 8 heteroatoms. The molecular formula is C14H10N4O4. The van der Waals surface area contributed by atoms with E-state index in [-0.39, 0.29) is 29.1 Å². The van der Waals surface area contributed by atoms with Gasteiger partial charge in [0.1, 0.15) is 5.69 Å². The van der Waals surface area contributed by atoms with Crippen molar-refractivity contribution in [2.24, 2.45) is 0 Å². The molecule has 0 spiro atoms. The highest BCUT2D eigenvalue weighted by Gasteiger charge is 2.13. The molecule has 3 N–H and O–H groups in total. The number of nitrogens with zero attached hydrogens (tertiary/aromatic N) is 1. The smallest absolute Gasteiger partial charge is 0.313 e. The van der Waals surface area contributed by atoms with Crippen molar-refractivity contribution >= 4 is 16.9 Å². The number of nitrogens with one attached hydrogen (secondary N) is 3. The predicted octanol–water partition coefficient (Wildman–Crippen LogP) is -0.275. The predicted molar refractivity (Wildman–Crippen MR) is 78.1 cm³/mol. The number of fused-ring (bicyclic) bond motifs is 1. The van der Waals surface area contributed by atoms with Crippen LogP contribution in [0.3, 0.4) is 0 Å². The third kappa shape index (κ3) is 2.49. The maximum absolute atomic E-state index is 12.1. The summed E-state index contributed by atoms with van der Waals surface area (Å²) in [5, 5.41) is 0. The number of hydrogen-bond donors (Lipinski definition) is 3. The molecule has 3 aromatic rings. The second-order valence-electron chi connectivity index (χ2n) is 4.61. The molecule has 1 aromatic carbocycles. The molecule has 0 saturated heterocycles. The Hall–Kier alpha value is -3.29. The van der Waals surface area contributed by atoms with Crippen LogP contribution >= 0.6 is 0 Å². The number of aromatic nitrogens is 4. The van der Waals surface area contributed by atoms with Crippen LogP contribution in [0.5, 0.6) is 0 Å². The number of Topliss-reactive ketones (excluding diaryl/α,β-unsaturated/α-hetero) is 1. The molecule has 110 valence electrons. The van der Waals surface area contributed by atoms with Crippen molar-refractivity contribution in [3.05, 3.63) is 72.8 Å². The van der Waals surface area contributed by atoms with Gasteiger partial charge in [-0.15, -0.1) is 0 Å². The Morgan fingerprint density at radius 1 is 0.955 bits per heavy atom. The van der Waals surface area contributed by atoms with Crippen LogP contribution in [0.15, 0.2) is 44.7 Å². The molecule has 0 bridgehead atoms. The van der Waals surface area contributed by atoms with Crippen LogP contribution in [0.4, 0.5) is 0 Å². The Balaban J connectivity index is 2.07. The first-order chi connectivity index (χ1) is 10.5. The van der Waals surface area contributed by atoms with Crippen LogP contribution in [-0.4, -0.2) is 25.7 Å². The van der Waals surface area contributed by atoms with Crippen molar-refractivity contribution in [2.75, 3.05) is 0 Å². The fourth-order valence-corrected chi connectivity index (χ4v) is 2.04. The summed E-state index contributed by atoms with van der Waals surface area (Å²) in [4.78, 5) is 57.4. The minimum Gasteiger partial charge on any atom is -0.313 e. The molecule has 2 aromatic heterocycles. The van der Waals surface area contributed by atoms with Gasteiger partial charge in [0.25, 0.3) is 11.1 Å². The van der Waals surface area contributed by atoms with Gasteiger partial charge in [0.05, 0.1) is 6.42 Å². The molecule has 0 unspecified atom stereocenters. The van der Waals surface area contributed by atoms with Crippen molar-refractivity contribution in [1.82, 2.24) is 19.9 Å². The van der Waals surface area contributed by atoms with Crippen LogP contribution in [-0.2, 0) is 6.42 Å². The van der Waals surface area contributed by atoms with E-state index in [1.807, 2.05) is 4.98 Å². The number of H-pyrrole nitrogens is 3. The molecule has 0 saturated carbocycles. The molecule has 3 rings (SSSR count). The SMILES string of the molecule is O=C(Cc1nc2[nH]c(=O)[nH]c(=O)c2[nH]c1=O)c1ccccc1. The summed E-state index contributed by atoms with van der Waals surface area (Å²) in [5.74, 6) is -0.287. The van der Waals surface area contributed by atoms with Gasteiger partial charge in [0.2, 0.25) is 0 Å². The second kappa shape index (κ2) is 5.24. The van der Waals surface area contributed by atoms with E-state index in [2.05, 4.69) is 15.0 Å². The van der Waals surface area contributed by atoms with Gasteiger partial charge in [-0.1, -0.05) is 30.3 Å². The number of ketones is 1. The van der Waals surface area contributed by atoms with Gasteiger partial charge >= 0.3 is 5.69 Å². The zero-order chi connectivity index (χ0) is 15.7. The fourth-order valence-electron chi connectivity index (χ4n) is 2.04. The van der Waals surface area contributed by atoms with E-state index in [1.165, 1.54) is 0 Å². The summed E-state index contributed by atoms with van der Waals surface area (Å²) < 4.78 is 0. The zero-order valence-corrected chi connectivity index (χ0v) is 11.2. The first kappa shape index (κ1) is 13.7. The van der Waals surface area contributed by atoms with Gasteiger partial charge < -0.3 is 4.98 Å². The topological polar surface area (TPSA) is 129 Å². The van der Waals surface area contributed by atoms with Crippen molar-refractivity contribution in [3.8, 4) is 0 Å². The molecule has 0 aliphatic heterocycles. The Kier molecular flexibility index (Phi) is 3.26. The maximum Gasteiger partial charge on any atom is 0.327 e. The van der Waals surface area contributed by atoms with E-state index >= 15 is 0 Å². The number of benzene rings is 1. The molecule has 0 fully saturated rings. The van der Waals surface area contributed by atoms with E-state index in [0.29, 0.717) is 5.56 Å². The number of hydrogen-bond acceptors (Lipinski definition) is 5. The monoisotopic (exact) mass is 298 g/mol. The Labute approximate surface area is 121 Å². The summed E-state index contributed by atoms with van der Waals surface area (Å²) in [6.07, 6.45) is -0.232. The first-order valence-electron chi connectivity index (χ1n) is 6.38. The molecule has 0 amide bonds. The molecule has 0 aliphatic rings. The summed E-state index contributed by atoms with van der Waals surface area (Å²) >= 11 is 0. The average Bonchev–Trinajstić information content (AvgIpc) is 2.50. The van der Waals surface area contributed by atoms with Crippen LogP contribution in [0, 0.1) is 0 Å². The minimum absolute atomic E-state index is 0.0655. The van der Waals surface area contributed by atoms with Crippen LogP contribution in [0.1, 0.15) is 16.1 Å². The Morgan fingerprint density at radius 2 is 1.68 bits per heavy atom.